The van der Waals surface area contributed by atoms with E-state index in [1.54, 1.807) is 0 Å². The minimum absolute atomic E-state index is 0.203. The van der Waals surface area contributed by atoms with Crippen molar-refractivity contribution in [2.24, 2.45) is 0 Å². The number of pyridine rings is 1. The average molecular weight is 298 g/mol. The summed E-state index contributed by atoms with van der Waals surface area (Å²) in [6, 6.07) is 11.2. The number of carbonyl (C=O) groups is 1. The quantitative estimate of drug-likeness (QED) is 0.735. The summed E-state index contributed by atoms with van der Waals surface area (Å²) in [6.45, 7) is 0.526. The number of hydrogen-bond donors (Lipinski definition) is 1. The fraction of sp³-hybridized carbons (Fsp3) is 0.188. The molecule has 3 rings (SSSR count). The van der Waals surface area contributed by atoms with Gasteiger partial charge in [0.2, 0.25) is 0 Å². The Hall–Kier alpha value is -2.76. The van der Waals surface area contributed by atoms with Crippen LogP contribution in [0.4, 0.5) is 4.39 Å². The second-order valence-corrected chi connectivity index (χ2v) is 4.91. The molecule has 2 heterocycles. The first-order valence-electron chi connectivity index (χ1n) is 7.06. The van der Waals surface area contributed by atoms with Crippen LogP contribution in [0.3, 0.4) is 0 Å². The van der Waals surface area contributed by atoms with Crippen molar-refractivity contribution in [3.8, 4) is 0 Å². The van der Waals surface area contributed by atoms with Crippen LogP contribution < -0.4 is 5.32 Å². The molecule has 0 fully saturated rings. The number of amides is 1. The Morgan fingerprint density at radius 3 is 2.77 bits per heavy atom. The third kappa shape index (κ3) is 3.11. The summed E-state index contributed by atoms with van der Waals surface area (Å²) in [5.74, 6) is 0.313. The smallest absolute Gasteiger partial charge is 0.251 e. The highest BCUT2D eigenvalue weighted by Gasteiger charge is 2.06. The fourth-order valence-electron chi connectivity index (χ4n) is 2.21. The number of benzene rings is 1. The van der Waals surface area contributed by atoms with Crippen LogP contribution in [0.5, 0.6) is 0 Å². The zero-order valence-corrected chi connectivity index (χ0v) is 11.9. The number of hydrogen-bond acceptors (Lipinski definition) is 3. The second kappa shape index (κ2) is 6.34. The molecule has 1 N–H and O–H groups in total. The highest BCUT2D eigenvalue weighted by molar-refractivity contribution is 5.94. The van der Waals surface area contributed by atoms with E-state index in [1.807, 2.05) is 28.8 Å². The largest absolute Gasteiger partial charge is 0.352 e. The van der Waals surface area contributed by atoms with E-state index in [9.17, 15) is 9.18 Å². The lowest BCUT2D eigenvalue weighted by Gasteiger charge is -2.05. The minimum atomic E-state index is -0.352. The van der Waals surface area contributed by atoms with Gasteiger partial charge < -0.3 is 5.32 Å². The summed E-state index contributed by atoms with van der Waals surface area (Å²) < 4.78 is 14.7. The number of rotatable bonds is 5. The number of carbonyl (C=O) groups excluding carboxylic acids is 1. The van der Waals surface area contributed by atoms with Gasteiger partial charge in [-0.25, -0.2) is 4.39 Å². The normalized spacial score (nSPS) is 10.8. The van der Waals surface area contributed by atoms with Crippen LogP contribution in [-0.2, 0) is 6.42 Å². The maximum absolute atomic E-state index is 12.8. The Morgan fingerprint density at radius 2 is 1.95 bits per heavy atom. The predicted octanol–water partition coefficient (Wildman–Crippen LogP) is 2.23. The van der Waals surface area contributed by atoms with Crippen molar-refractivity contribution in [2.45, 2.75) is 12.8 Å². The average Bonchev–Trinajstić information content (AvgIpc) is 2.95. The molecule has 0 saturated carbocycles. The van der Waals surface area contributed by atoms with Gasteiger partial charge in [0.05, 0.1) is 0 Å². The molecule has 1 aromatic carbocycles. The van der Waals surface area contributed by atoms with Gasteiger partial charge in [0.25, 0.3) is 5.91 Å². The third-order valence-corrected chi connectivity index (χ3v) is 3.35. The van der Waals surface area contributed by atoms with Crippen molar-refractivity contribution in [2.75, 3.05) is 6.54 Å². The van der Waals surface area contributed by atoms with Crippen LogP contribution in [0, 0.1) is 5.82 Å². The standard InChI is InChI=1S/C16H15FN4O/c17-13-8-6-12(7-9-13)16(22)18-10-3-5-15-20-19-14-4-1-2-11-21(14)15/h1-2,4,6-9,11H,3,5,10H2,(H,18,22). The van der Waals surface area contributed by atoms with Gasteiger partial charge in [-0.1, -0.05) is 6.07 Å². The Bertz CT molecular complexity index is 782. The predicted molar refractivity (Wildman–Crippen MR) is 80.0 cm³/mol. The molecule has 1 amide bonds. The lowest BCUT2D eigenvalue weighted by atomic mass is 10.2. The minimum Gasteiger partial charge on any atom is -0.352 e. The van der Waals surface area contributed by atoms with E-state index in [-0.39, 0.29) is 11.7 Å². The molecular weight excluding hydrogens is 283 g/mol. The Labute approximate surface area is 126 Å². The maximum atomic E-state index is 12.8. The van der Waals surface area contributed by atoms with Crippen LogP contribution in [-0.4, -0.2) is 27.0 Å². The topological polar surface area (TPSA) is 59.3 Å². The number of aryl methyl sites for hydroxylation is 1. The van der Waals surface area contributed by atoms with Crippen molar-refractivity contribution < 1.29 is 9.18 Å². The van der Waals surface area contributed by atoms with E-state index < -0.39 is 0 Å². The summed E-state index contributed by atoms with van der Waals surface area (Å²) in [6.07, 6.45) is 3.39. The molecule has 0 atom stereocenters. The van der Waals surface area contributed by atoms with Crippen LogP contribution in [0.15, 0.2) is 48.7 Å². The maximum Gasteiger partial charge on any atom is 0.251 e. The van der Waals surface area contributed by atoms with Crippen LogP contribution >= 0.6 is 0 Å². The number of fused-ring (bicyclic) bond motifs is 1. The van der Waals surface area contributed by atoms with E-state index >= 15 is 0 Å². The molecule has 112 valence electrons. The highest BCUT2D eigenvalue weighted by atomic mass is 19.1. The van der Waals surface area contributed by atoms with Crippen molar-refractivity contribution in [3.63, 3.8) is 0 Å². The summed E-state index contributed by atoms with van der Waals surface area (Å²) in [5.41, 5.74) is 1.27. The molecule has 0 aliphatic heterocycles. The van der Waals surface area contributed by atoms with Gasteiger partial charge in [0.15, 0.2) is 5.65 Å². The fourth-order valence-corrected chi connectivity index (χ4v) is 2.21. The number of nitrogens with one attached hydrogen (secondary N) is 1. The van der Waals surface area contributed by atoms with E-state index in [4.69, 9.17) is 0 Å². The van der Waals surface area contributed by atoms with Crippen molar-refractivity contribution in [3.05, 3.63) is 65.9 Å². The monoisotopic (exact) mass is 298 g/mol. The third-order valence-electron chi connectivity index (χ3n) is 3.35. The summed E-state index contributed by atoms with van der Waals surface area (Å²) in [5, 5.41) is 11.0. The molecule has 0 spiro atoms. The van der Waals surface area contributed by atoms with Crippen LogP contribution in [0.25, 0.3) is 5.65 Å². The molecule has 0 aliphatic rings. The molecule has 22 heavy (non-hydrogen) atoms. The van der Waals surface area contributed by atoms with Gasteiger partial charge in [0.1, 0.15) is 11.6 Å². The molecule has 5 nitrogen and oxygen atoms in total. The summed E-state index contributed by atoms with van der Waals surface area (Å²) in [7, 11) is 0. The van der Waals surface area contributed by atoms with E-state index in [2.05, 4.69) is 15.5 Å². The van der Waals surface area contributed by atoms with Crippen LogP contribution in [0.2, 0.25) is 0 Å². The van der Waals surface area contributed by atoms with Gasteiger partial charge in [-0.2, -0.15) is 0 Å². The number of halogens is 1. The highest BCUT2D eigenvalue weighted by Crippen LogP contribution is 2.05. The van der Waals surface area contributed by atoms with Crippen molar-refractivity contribution >= 4 is 11.6 Å². The van der Waals surface area contributed by atoms with E-state index in [0.29, 0.717) is 12.1 Å². The Kier molecular flexibility index (Phi) is 4.09. The molecule has 0 saturated heterocycles. The van der Waals surface area contributed by atoms with E-state index in [1.165, 1.54) is 24.3 Å². The second-order valence-electron chi connectivity index (χ2n) is 4.91. The molecule has 2 aromatic heterocycles. The summed E-state index contributed by atoms with van der Waals surface area (Å²) >= 11 is 0. The molecular formula is C16H15FN4O. The van der Waals surface area contributed by atoms with Crippen molar-refractivity contribution in [1.82, 2.24) is 19.9 Å². The van der Waals surface area contributed by atoms with Gasteiger partial charge in [-0.05, 0) is 42.8 Å². The van der Waals surface area contributed by atoms with Gasteiger partial charge in [-0.15, -0.1) is 10.2 Å². The Morgan fingerprint density at radius 1 is 1.14 bits per heavy atom. The van der Waals surface area contributed by atoms with Gasteiger partial charge in [0, 0.05) is 24.7 Å². The molecule has 6 heteroatoms. The number of aromatic nitrogens is 3. The van der Waals surface area contributed by atoms with Crippen LogP contribution in [0.1, 0.15) is 22.6 Å². The van der Waals surface area contributed by atoms with Gasteiger partial charge in [-0.3, -0.25) is 9.20 Å². The van der Waals surface area contributed by atoms with Gasteiger partial charge >= 0.3 is 0 Å². The first-order valence-corrected chi connectivity index (χ1v) is 7.06. The number of nitrogens with zero attached hydrogens (tertiary/aromatic N) is 3. The first kappa shape index (κ1) is 14.2. The lowest BCUT2D eigenvalue weighted by molar-refractivity contribution is 0.0953. The van der Waals surface area contributed by atoms with E-state index in [0.717, 1.165) is 24.3 Å². The molecule has 0 unspecified atom stereocenters. The zero-order chi connectivity index (χ0) is 15.4. The first-order chi connectivity index (χ1) is 10.7. The molecule has 0 bridgehead atoms. The zero-order valence-electron chi connectivity index (χ0n) is 11.9. The SMILES string of the molecule is O=C(NCCCc1nnc2ccccn12)c1ccc(F)cc1. The molecule has 3 aromatic rings. The molecule has 0 aliphatic carbocycles. The molecule has 0 radical (unpaired) electrons. The summed E-state index contributed by atoms with van der Waals surface area (Å²) in [4.78, 5) is 11.9. The Balaban J connectivity index is 1.51. The lowest BCUT2D eigenvalue weighted by Crippen LogP contribution is -2.24. The van der Waals surface area contributed by atoms with Crippen molar-refractivity contribution in [1.29, 1.82) is 0 Å².